The molecule has 112 valence electrons. The van der Waals surface area contributed by atoms with Crippen molar-refractivity contribution in [1.29, 1.82) is 0 Å². The first kappa shape index (κ1) is 15.6. The Hall–Kier alpha value is -1.82. The van der Waals surface area contributed by atoms with E-state index in [-0.39, 0.29) is 11.9 Å². The topological polar surface area (TPSA) is 57.5 Å². The van der Waals surface area contributed by atoms with E-state index in [1.807, 2.05) is 19.2 Å². The van der Waals surface area contributed by atoms with Crippen LogP contribution in [0.1, 0.15) is 23.0 Å². The molecule has 0 aliphatic carbocycles. The normalized spacial score (nSPS) is 10.7. The highest BCUT2D eigenvalue weighted by molar-refractivity contribution is 9.10. The summed E-state index contributed by atoms with van der Waals surface area (Å²) < 4.78 is 12.4. The number of carbonyl (C=O) groups is 2. The molecule has 0 aliphatic heterocycles. The van der Waals surface area contributed by atoms with Gasteiger partial charge in [-0.15, -0.1) is 0 Å². The van der Waals surface area contributed by atoms with Gasteiger partial charge in [-0.25, -0.2) is 4.79 Å². The molecule has 0 spiro atoms. The van der Waals surface area contributed by atoms with Crippen molar-refractivity contribution in [2.75, 3.05) is 13.7 Å². The van der Waals surface area contributed by atoms with E-state index in [2.05, 4.69) is 15.9 Å². The standard InChI is InChI=1S/C15H16BrNO4/c1-9(18)21-5-4-10-6-11-8-13(15(19)20-3)17(2)14(11)12(16)7-10/h6-8H,4-5H2,1-3H3. The zero-order chi connectivity index (χ0) is 15.6. The number of fused-ring (bicyclic) bond motifs is 1. The molecule has 0 fully saturated rings. The summed E-state index contributed by atoms with van der Waals surface area (Å²) in [4.78, 5) is 22.5. The lowest BCUT2D eigenvalue weighted by molar-refractivity contribution is -0.140. The minimum atomic E-state index is -0.373. The van der Waals surface area contributed by atoms with Crippen LogP contribution in [0.3, 0.4) is 0 Å². The molecule has 2 aromatic rings. The van der Waals surface area contributed by atoms with Gasteiger partial charge in [0.05, 0.1) is 19.2 Å². The Labute approximate surface area is 131 Å². The Bertz CT molecular complexity index is 705. The Morgan fingerprint density at radius 2 is 2.00 bits per heavy atom. The summed E-state index contributed by atoms with van der Waals surface area (Å²) in [6.07, 6.45) is 0.622. The van der Waals surface area contributed by atoms with Crippen LogP contribution >= 0.6 is 15.9 Å². The fourth-order valence-corrected chi connectivity index (χ4v) is 3.05. The summed E-state index contributed by atoms with van der Waals surface area (Å²) in [5, 5.41) is 0.935. The van der Waals surface area contributed by atoms with E-state index in [0.717, 1.165) is 20.9 Å². The lowest BCUT2D eigenvalue weighted by atomic mass is 10.1. The highest BCUT2D eigenvalue weighted by Crippen LogP contribution is 2.29. The summed E-state index contributed by atoms with van der Waals surface area (Å²) in [7, 11) is 3.18. The molecule has 0 unspecified atom stereocenters. The molecule has 0 bridgehead atoms. The molecule has 0 aliphatic rings. The summed E-state index contributed by atoms with van der Waals surface area (Å²) in [6, 6.07) is 5.74. The number of carbonyl (C=O) groups excluding carboxylic acids is 2. The molecule has 0 saturated heterocycles. The molecule has 6 heteroatoms. The summed E-state index contributed by atoms with van der Waals surface area (Å²) in [6.45, 7) is 1.73. The Kier molecular flexibility index (Phi) is 4.67. The Morgan fingerprint density at radius 1 is 1.29 bits per heavy atom. The van der Waals surface area contributed by atoms with Gasteiger partial charge in [0.2, 0.25) is 0 Å². The van der Waals surface area contributed by atoms with E-state index >= 15 is 0 Å². The number of hydrogen-bond acceptors (Lipinski definition) is 4. The smallest absolute Gasteiger partial charge is 0.354 e. The van der Waals surface area contributed by atoms with Crippen LogP contribution in [0.2, 0.25) is 0 Å². The van der Waals surface area contributed by atoms with Gasteiger partial charge in [-0.1, -0.05) is 0 Å². The number of hydrogen-bond donors (Lipinski definition) is 0. The first-order chi connectivity index (χ1) is 9.93. The van der Waals surface area contributed by atoms with Gasteiger partial charge in [0.1, 0.15) is 5.69 Å². The van der Waals surface area contributed by atoms with Crippen molar-refractivity contribution in [2.24, 2.45) is 7.05 Å². The van der Waals surface area contributed by atoms with Gasteiger partial charge in [-0.3, -0.25) is 4.79 Å². The van der Waals surface area contributed by atoms with E-state index in [9.17, 15) is 9.59 Å². The highest BCUT2D eigenvalue weighted by Gasteiger charge is 2.16. The largest absolute Gasteiger partial charge is 0.466 e. The number of ether oxygens (including phenoxy) is 2. The van der Waals surface area contributed by atoms with E-state index in [1.54, 1.807) is 10.6 Å². The molecule has 2 rings (SSSR count). The Balaban J connectivity index is 2.37. The van der Waals surface area contributed by atoms with Crippen molar-refractivity contribution < 1.29 is 19.1 Å². The third kappa shape index (κ3) is 3.26. The number of benzene rings is 1. The lowest BCUT2D eigenvalue weighted by Gasteiger charge is -2.06. The maximum absolute atomic E-state index is 11.7. The van der Waals surface area contributed by atoms with Gasteiger partial charge in [-0.2, -0.15) is 0 Å². The minimum absolute atomic E-state index is 0.289. The second kappa shape index (κ2) is 6.30. The first-order valence-electron chi connectivity index (χ1n) is 6.43. The number of rotatable bonds is 4. The lowest BCUT2D eigenvalue weighted by Crippen LogP contribution is -2.07. The fourth-order valence-electron chi connectivity index (χ4n) is 2.26. The van der Waals surface area contributed by atoms with Gasteiger partial charge in [0.15, 0.2) is 0 Å². The molecule has 0 N–H and O–H groups in total. The van der Waals surface area contributed by atoms with E-state index < -0.39 is 0 Å². The van der Waals surface area contributed by atoms with Crippen molar-refractivity contribution >= 4 is 38.8 Å². The molecular weight excluding hydrogens is 338 g/mol. The predicted octanol–water partition coefficient (Wildman–Crippen LogP) is 2.83. The van der Waals surface area contributed by atoms with Crippen molar-refractivity contribution in [3.63, 3.8) is 0 Å². The molecule has 5 nitrogen and oxygen atoms in total. The van der Waals surface area contributed by atoms with Crippen LogP contribution in [0.15, 0.2) is 22.7 Å². The van der Waals surface area contributed by atoms with Crippen molar-refractivity contribution in [1.82, 2.24) is 4.57 Å². The minimum Gasteiger partial charge on any atom is -0.466 e. The van der Waals surface area contributed by atoms with Gasteiger partial charge in [0, 0.05) is 30.3 Å². The first-order valence-corrected chi connectivity index (χ1v) is 7.23. The summed E-state index contributed by atoms with van der Waals surface area (Å²) >= 11 is 3.52. The number of halogens is 1. The van der Waals surface area contributed by atoms with E-state index in [1.165, 1.54) is 14.0 Å². The zero-order valence-electron chi connectivity index (χ0n) is 12.1. The van der Waals surface area contributed by atoms with Gasteiger partial charge < -0.3 is 14.0 Å². The molecule has 1 aromatic carbocycles. The SMILES string of the molecule is COC(=O)c1cc2cc(CCOC(C)=O)cc(Br)c2n1C. The number of aryl methyl sites for hydroxylation is 1. The van der Waals surface area contributed by atoms with Crippen molar-refractivity contribution in [3.8, 4) is 0 Å². The van der Waals surface area contributed by atoms with Gasteiger partial charge in [0.25, 0.3) is 0 Å². The van der Waals surface area contributed by atoms with Crippen LogP contribution in [0, 0.1) is 0 Å². The van der Waals surface area contributed by atoms with Crippen LogP contribution in [-0.4, -0.2) is 30.2 Å². The van der Waals surface area contributed by atoms with E-state index in [4.69, 9.17) is 9.47 Å². The third-order valence-corrected chi connectivity index (χ3v) is 3.84. The van der Waals surface area contributed by atoms with E-state index in [0.29, 0.717) is 18.7 Å². The van der Waals surface area contributed by atoms with Crippen LogP contribution in [0.4, 0.5) is 0 Å². The number of nitrogens with zero attached hydrogens (tertiary/aromatic N) is 1. The molecule has 0 saturated carbocycles. The maximum Gasteiger partial charge on any atom is 0.354 e. The van der Waals surface area contributed by atoms with Crippen LogP contribution in [0.25, 0.3) is 10.9 Å². The molecule has 0 amide bonds. The zero-order valence-corrected chi connectivity index (χ0v) is 13.7. The molecule has 21 heavy (non-hydrogen) atoms. The van der Waals surface area contributed by atoms with Crippen LogP contribution in [-0.2, 0) is 27.7 Å². The molecular formula is C15H16BrNO4. The molecule has 0 atom stereocenters. The van der Waals surface area contributed by atoms with Crippen LogP contribution < -0.4 is 0 Å². The van der Waals surface area contributed by atoms with Gasteiger partial charge >= 0.3 is 11.9 Å². The second-order valence-corrected chi connectivity index (χ2v) is 5.54. The maximum atomic E-state index is 11.7. The predicted molar refractivity (Wildman–Crippen MR) is 82.3 cm³/mol. The fraction of sp³-hybridized carbons (Fsp3) is 0.333. The number of esters is 2. The van der Waals surface area contributed by atoms with Crippen LogP contribution in [0.5, 0.6) is 0 Å². The second-order valence-electron chi connectivity index (χ2n) is 4.69. The molecule has 1 aromatic heterocycles. The van der Waals surface area contributed by atoms with Gasteiger partial charge in [-0.05, 0) is 39.7 Å². The molecule has 1 heterocycles. The third-order valence-electron chi connectivity index (χ3n) is 3.23. The number of methoxy groups -OCH3 is 1. The van der Waals surface area contributed by atoms with Crippen molar-refractivity contribution in [2.45, 2.75) is 13.3 Å². The quantitative estimate of drug-likeness (QED) is 0.793. The van der Waals surface area contributed by atoms with Crippen molar-refractivity contribution in [3.05, 3.63) is 33.9 Å². The molecule has 0 radical (unpaired) electrons. The number of aromatic nitrogens is 1. The summed E-state index contributed by atoms with van der Waals surface area (Å²) in [5.41, 5.74) is 2.44. The summed E-state index contributed by atoms with van der Waals surface area (Å²) in [5.74, 6) is -0.662. The Morgan fingerprint density at radius 3 is 2.62 bits per heavy atom. The average Bonchev–Trinajstić information content (AvgIpc) is 2.75. The highest BCUT2D eigenvalue weighted by atomic mass is 79.9. The monoisotopic (exact) mass is 353 g/mol. The average molecular weight is 354 g/mol.